The van der Waals surface area contributed by atoms with E-state index in [-0.39, 0.29) is 11.5 Å². The second-order valence-electron chi connectivity index (χ2n) is 4.16. The summed E-state index contributed by atoms with van der Waals surface area (Å²) in [5.41, 5.74) is -1.94. The van der Waals surface area contributed by atoms with Crippen LogP contribution in [0.3, 0.4) is 0 Å². The maximum absolute atomic E-state index is 11.8. The Morgan fingerprint density at radius 2 is 2.05 bits per heavy atom. The summed E-state index contributed by atoms with van der Waals surface area (Å²) < 4.78 is 0. The van der Waals surface area contributed by atoms with Crippen LogP contribution in [0.5, 0.6) is 0 Å². The molecule has 0 aliphatic heterocycles. The van der Waals surface area contributed by atoms with Crippen molar-refractivity contribution >= 4 is 11.9 Å². The molecule has 0 unspecified atom stereocenters. The van der Waals surface area contributed by atoms with Gasteiger partial charge in [-0.1, -0.05) is 20.3 Å². The number of hydrogen-bond donors (Lipinski definition) is 4. The van der Waals surface area contributed by atoms with Crippen molar-refractivity contribution in [1.29, 1.82) is 0 Å². The molecule has 1 heterocycles. The highest BCUT2D eigenvalue weighted by Crippen LogP contribution is 2.08. The Morgan fingerprint density at radius 1 is 1.42 bits per heavy atom. The van der Waals surface area contributed by atoms with Gasteiger partial charge in [0.2, 0.25) is 0 Å². The van der Waals surface area contributed by atoms with Crippen LogP contribution in [0.1, 0.15) is 30.6 Å². The molecule has 0 bridgehead atoms. The van der Waals surface area contributed by atoms with Crippen molar-refractivity contribution in [2.75, 3.05) is 0 Å². The van der Waals surface area contributed by atoms with Crippen LogP contribution in [-0.4, -0.2) is 33.0 Å². The molecule has 8 nitrogen and oxygen atoms in total. The first-order valence-corrected chi connectivity index (χ1v) is 5.72. The number of rotatable bonds is 5. The van der Waals surface area contributed by atoms with Gasteiger partial charge in [-0.3, -0.25) is 14.6 Å². The molecule has 0 fully saturated rings. The monoisotopic (exact) mass is 269 g/mol. The Balaban J connectivity index is 2.97. The molecule has 0 saturated heterocycles. The van der Waals surface area contributed by atoms with Crippen molar-refractivity contribution in [2.24, 2.45) is 5.92 Å². The minimum Gasteiger partial charge on any atom is -0.480 e. The minimum atomic E-state index is -1.18. The number of aromatic amines is 2. The molecule has 1 rings (SSSR count). The third-order valence-corrected chi connectivity index (χ3v) is 2.83. The van der Waals surface area contributed by atoms with E-state index in [4.69, 9.17) is 5.11 Å². The largest absolute Gasteiger partial charge is 0.480 e. The Bertz CT molecular complexity index is 588. The Labute approximate surface area is 107 Å². The summed E-state index contributed by atoms with van der Waals surface area (Å²) in [5, 5.41) is 11.3. The fraction of sp³-hybridized carbons (Fsp3) is 0.455. The fourth-order valence-electron chi connectivity index (χ4n) is 1.48. The average molecular weight is 269 g/mol. The number of carboxylic acid groups (broad SMARTS) is 1. The van der Waals surface area contributed by atoms with E-state index in [1.807, 2.05) is 4.98 Å². The van der Waals surface area contributed by atoms with E-state index in [0.29, 0.717) is 6.42 Å². The lowest BCUT2D eigenvalue weighted by atomic mass is 9.99. The van der Waals surface area contributed by atoms with E-state index in [2.05, 4.69) is 10.3 Å². The lowest BCUT2D eigenvalue weighted by Gasteiger charge is -2.19. The molecule has 0 aromatic carbocycles. The first kappa shape index (κ1) is 14.7. The number of aromatic nitrogens is 2. The van der Waals surface area contributed by atoms with E-state index in [1.54, 1.807) is 13.8 Å². The second-order valence-corrected chi connectivity index (χ2v) is 4.16. The number of hydrogen-bond acceptors (Lipinski definition) is 4. The summed E-state index contributed by atoms with van der Waals surface area (Å²) >= 11 is 0. The van der Waals surface area contributed by atoms with E-state index >= 15 is 0 Å². The smallest absolute Gasteiger partial charge is 0.326 e. The van der Waals surface area contributed by atoms with E-state index < -0.39 is 29.2 Å². The Hall–Kier alpha value is -2.38. The molecule has 4 N–H and O–H groups in total. The maximum atomic E-state index is 11.8. The number of carbonyl (C=O) groups is 2. The van der Waals surface area contributed by atoms with Gasteiger partial charge in [0.05, 0.1) is 0 Å². The molecule has 0 spiro atoms. The second kappa shape index (κ2) is 5.98. The van der Waals surface area contributed by atoms with Crippen LogP contribution in [0, 0.1) is 5.92 Å². The van der Waals surface area contributed by atoms with Crippen molar-refractivity contribution in [3.63, 3.8) is 0 Å². The number of carboxylic acids is 1. The van der Waals surface area contributed by atoms with Crippen LogP contribution < -0.4 is 16.6 Å². The fourth-order valence-corrected chi connectivity index (χ4v) is 1.48. The average Bonchev–Trinajstić information content (AvgIpc) is 2.34. The van der Waals surface area contributed by atoms with E-state index in [1.165, 1.54) is 0 Å². The summed E-state index contributed by atoms with van der Waals surface area (Å²) in [4.78, 5) is 49.1. The topological polar surface area (TPSA) is 132 Å². The Kier molecular flexibility index (Phi) is 4.62. The molecule has 1 amide bonds. The third kappa shape index (κ3) is 3.54. The molecule has 8 heteroatoms. The molecule has 19 heavy (non-hydrogen) atoms. The zero-order valence-corrected chi connectivity index (χ0v) is 10.5. The summed E-state index contributed by atoms with van der Waals surface area (Å²) in [7, 11) is 0. The molecule has 0 saturated carbocycles. The van der Waals surface area contributed by atoms with Crippen molar-refractivity contribution in [1.82, 2.24) is 15.3 Å². The Morgan fingerprint density at radius 3 is 2.53 bits per heavy atom. The lowest BCUT2D eigenvalue weighted by Crippen LogP contribution is -2.46. The van der Waals surface area contributed by atoms with Crippen molar-refractivity contribution in [3.8, 4) is 0 Å². The lowest BCUT2D eigenvalue weighted by molar-refractivity contribution is -0.140. The molecular weight excluding hydrogens is 254 g/mol. The van der Waals surface area contributed by atoms with Crippen molar-refractivity contribution < 1.29 is 14.7 Å². The SMILES string of the molecule is CC[C@H](C)[C@H](NC(=O)c1c[nH]c(=O)[nH]c1=O)C(=O)O. The van der Waals surface area contributed by atoms with Crippen LogP contribution in [0.25, 0.3) is 0 Å². The van der Waals surface area contributed by atoms with Gasteiger partial charge >= 0.3 is 11.7 Å². The zero-order valence-electron chi connectivity index (χ0n) is 10.5. The summed E-state index contributed by atoms with van der Waals surface area (Å²) in [6.45, 7) is 3.47. The van der Waals surface area contributed by atoms with Crippen LogP contribution in [0.4, 0.5) is 0 Å². The van der Waals surface area contributed by atoms with Gasteiger partial charge < -0.3 is 15.4 Å². The summed E-state index contributed by atoms with van der Waals surface area (Å²) in [6.07, 6.45) is 1.51. The first-order valence-electron chi connectivity index (χ1n) is 5.72. The quantitative estimate of drug-likeness (QED) is 0.560. The maximum Gasteiger partial charge on any atom is 0.326 e. The van der Waals surface area contributed by atoms with Crippen LogP contribution in [0.15, 0.2) is 15.8 Å². The molecule has 104 valence electrons. The van der Waals surface area contributed by atoms with Gasteiger partial charge in [-0.25, -0.2) is 9.59 Å². The van der Waals surface area contributed by atoms with E-state index in [0.717, 1.165) is 6.20 Å². The molecule has 0 radical (unpaired) electrons. The van der Waals surface area contributed by atoms with Gasteiger partial charge in [-0.2, -0.15) is 0 Å². The molecule has 0 aliphatic carbocycles. The molecule has 1 aromatic rings. The minimum absolute atomic E-state index is 0.289. The highest BCUT2D eigenvalue weighted by Gasteiger charge is 2.26. The molecule has 1 aromatic heterocycles. The van der Waals surface area contributed by atoms with Crippen LogP contribution in [-0.2, 0) is 4.79 Å². The highest BCUT2D eigenvalue weighted by atomic mass is 16.4. The number of nitrogens with one attached hydrogen (secondary N) is 3. The predicted molar refractivity (Wildman–Crippen MR) is 66.0 cm³/mol. The number of aliphatic carboxylic acids is 1. The summed E-state index contributed by atoms with van der Waals surface area (Å²) in [5.74, 6) is -2.31. The zero-order chi connectivity index (χ0) is 14.6. The first-order chi connectivity index (χ1) is 8.86. The van der Waals surface area contributed by atoms with Crippen molar-refractivity contribution in [3.05, 3.63) is 32.6 Å². The van der Waals surface area contributed by atoms with Gasteiger partial charge in [0.25, 0.3) is 11.5 Å². The number of H-pyrrole nitrogens is 2. The van der Waals surface area contributed by atoms with Gasteiger partial charge in [0.1, 0.15) is 11.6 Å². The van der Waals surface area contributed by atoms with Gasteiger partial charge in [-0.05, 0) is 5.92 Å². The highest BCUT2D eigenvalue weighted by molar-refractivity contribution is 5.96. The number of carbonyl (C=O) groups excluding carboxylic acids is 1. The van der Waals surface area contributed by atoms with Gasteiger partial charge in [0.15, 0.2) is 0 Å². The molecular formula is C11H15N3O5. The predicted octanol–water partition coefficient (Wildman–Crippen LogP) is -0.708. The molecule has 2 atom stereocenters. The number of amides is 1. The van der Waals surface area contributed by atoms with Crippen molar-refractivity contribution in [2.45, 2.75) is 26.3 Å². The standard InChI is InChI=1S/C11H15N3O5/c1-3-5(2)7(10(17)18)13-8(15)6-4-12-11(19)14-9(6)16/h4-5,7H,3H2,1-2H3,(H,13,15)(H,17,18)(H2,12,14,16,19)/t5-,7-/m0/s1. The third-order valence-electron chi connectivity index (χ3n) is 2.83. The van der Waals surface area contributed by atoms with Crippen LogP contribution in [0.2, 0.25) is 0 Å². The summed E-state index contributed by atoms with van der Waals surface area (Å²) in [6, 6.07) is -1.09. The van der Waals surface area contributed by atoms with Crippen LogP contribution >= 0.6 is 0 Å². The van der Waals surface area contributed by atoms with E-state index in [9.17, 15) is 19.2 Å². The van der Waals surface area contributed by atoms with Gasteiger partial charge in [-0.15, -0.1) is 0 Å². The molecule has 0 aliphatic rings. The van der Waals surface area contributed by atoms with Gasteiger partial charge in [0, 0.05) is 6.20 Å². The normalized spacial score (nSPS) is 13.6.